The molecule has 6 nitrogen and oxygen atoms in total. The summed E-state index contributed by atoms with van der Waals surface area (Å²) in [5.41, 5.74) is 2.25. The molecule has 2 heterocycles. The number of methoxy groups -OCH3 is 1. The van der Waals surface area contributed by atoms with Crippen LogP contribution < -0.4 is 10.1 Å². The van der Waals surface area contributed by atoms with Crippen LogP contribution in [0.4, 0.5) is 5.82 Å². The topological polar surface area (TPSA) is 80.2 Å². The summed E-state index contributed by atoms with van der Waals surface area (Å²) in [5, 5.41) is 7.41. The highest BCUT2D eigenvalue weighted by atomic mass is 16.5. The number of carbonyl (C=O) groups is 1. The van der Waals surface area contributed by atoms with Crippen LogP contribution in [0.3, 0.4) is 0 Å². The predicted molar refractivity (Wildman–Crippen MR) is 78.8 cm³/mol. The minimum Gasteiger partial charge on any atom is -0.497 e. The number of benzene rings is 1. The van der Waals surface area contributed by atoms with E-state index in [4.69, 9.17) is 9.26 Å². The lowest BCUT2D eigenvalue weighted by Gasteiger charge is -2.00. The van der Waals surface area contributed by atoms with Gasteiger partial charge in [0, 0.05) is 17.0 Å². The van der Waals surface area contributed by atoms with E-state index in [-0.39, 0.29) is 5.91 Å². The summed E-state index contributed by atoms with van der Waals surface area (Å²) in [6, 6.07) is 7.30. The summed E-state index contributed by atoms with van der Waals surface area (Å²) < 4.78 is 10.1. The largest absolute Gasteiger partial charge is 0.497 e. The SMILES string of the molecule is COc1ccc2[nH]c(C(=O)Nc3cc(C)on3)c(C)c2c1. The number of aromatic amines is 1. The number of fused-ring (bicyclic) bond motifs is 1. The number of aryl methyl sites for hydroxylation is 2. The number of hydrogen-bond acceptors (Lipinski definition) is 4. The second-order valence-electron chi connectivity index (χ2n) is 4.81. The van der Waals surface area contributed by atoms with Crippen LogP contribution in [0.15, 0.2) is 28.8 Å². The van der Waals surface area contributed by atoms with Crippen molar-refractivity contribution in [3.8, 4) is 5.75 Å². The molecule has 3 rings (SSSR count). The summed E-state index contributed by atoms with van der Waals surface area (Å²) in [7, 11) is 1.61. The molecule has 1 amide bonds. The smallest absolute Gasteiger partial charge is 0.273 e. The van der Waals surface area contributed by atoms with Gasteiger partial charge in [0.1, 0.15) is 17.2 Å². The highest BCUT2D eigenvalue weighted by molar-refractivity contribution is 6.07. The molecular formula is C15H15N3O3. The molecule has 108 valence electrons. The number of hydrogen-bond donors (Lipinski definition) is 2. The van der Waals surface area contributed by atoms with Crippen molar-refractivity contribution in [2.45, 2.75) is 13.8 Å². The van der Waals surface area contributed by atoms with E-state index in [1.165, 1.54) is 0 Å². The van der Waals surface area contributed by atoms with Gasteiger partial charge >= 0.3 is 0 Å². The van der Waals surface area contributed by atoms with E-state index in [2.05, 4.69) is 15.5 Å². The van der Waals surface area contributed by atoms with Crippen molar-refractivity contribution in [1.82, 2.24) is 10.1 Å². The highest BCUT2D eigenvalue weighted by Crippen LogP contribution is 2.26. The highest BCUT2D eigenvalue weighted by Gasteiger charge is 2.16. The average molecular weight is 285 g/mol. The van der Waals surface area contributed by atoms with Crippen molar-refractivity contribution in [2.24, 2.45) is 0 Å². The zero-order valence-electron chi connectivity index (χ0n) is 12.0. The van der Waals surface area contributed by atoms with Gasteiger partial charge in [0.25, 0.3) is 5.91 Å². The van der Waals surface area contributed by atoms with Gasteiger partial charge in [0.15, 0.2) is 5.82 Å². The maximum atomic E-state index is 12.3. The number of rotatable bonds is 3. The number of amides is 1. The molecule has 0 aliphatic rings. The molecule has 3 aromatic rings. The molecule has 0 saturated heterocycles. The first-order chi connectivity index (χ1) is 10.1. The molecule has 0 atom stereocenters. The van der Waals surface area contributed by atoms with Crippen molar-refractivity contribution >= 4 is 22.6 Å². The van der Waals surface area contributed by atoms with Crippen LogP contribution in [0.5, 0.6) is 5.75 Å². The zero-order chi connectivity index (χ0) is 15.0. The first kappa shape index (κ1) is 13.2. The van der Waals surface area contributed by atoms with Crippen LogP contribution >= 0.6 is 0 Å². The van der Waals surface area contributed by atoms with Crippen molar-refractivity contribution in [3.05, 3.63) is 41.3 Å². The molecule has 0 bridgehead atoms. The summed E-state index contributed by atoms with van der Waals surface area (Å²) in [6.45, 7) is 3.66. The van der Waals surface area contributed by atoms with E-state index in [1.807, 2.05) is 25.1 Å². The van der Waals surface area contributed by atoms with Crippen molar-refractivity contribution in [2.75, 3.05) is 12.4 Å². The molecule has 0 fully saturated rings. The van der Waals surface area contributed by atoms with E-state index < -0.39 is 0 Å². The molecule has 0 radical (unpaired) electrons. The molecule has 0 aliphatic heterocycles. The van der Waals surface area contributed by atoms with Crippen LogP contribution in [0.25, 0.3) is 10.9 Å². The van der Waals surface area contributed by atoms with Crippen molar-refractivity contribution in [3.63, 3.8) is 0 Å². The summed E-state index contributed by atoms with van der Waals surface area (Å²) in [4.78, 5) is 15.4. The predicted octanol–water partition coefficient (Wildman–Crippen LogP) is 3.03. The Morgan fingerprint density at radius 2 is 2.14 bits per heavy atom. The molecule has 0 spiro atoms. The van der Waals surface area contributed by atoms with Crippen LogP contribution in [0.2, 0.25) is 0 Å². The third-order valence-corrected chi connectivity index (χ3v) is 3.36. The van der Waals surface area contributed by atoms with E-state index >= 15 is 0 Å². The minimum absolute atomic E-state index is 0.254. The number of anilines is 1. The van der Waals surface area contributed by atoms with E-state index in [9.17, 15) is 4.79 Å². The van der Waals surface area contributed by atoms with E-state index in [0.717, 1.165) is 22.2 Å². The molecule has 21 heavy (non-hydrogen) atoms. The first-order valence-corrected chi connectivity index (χ1v) is 6.49. The molecule has 0 aliphatic carbocycles. The Kier molecular flexibility index (Phi) is 3.13. The Bertz CT molecular complexity index is 817. The third-order valence-electron chi connectivity index (χ3n) is 3.36. The van der Waals surface area contributed by atoms with Gasteiger partial charge in [-0.1, -0.05) is 5.16 Å². The number of carbonyl (C=O) groups excluding carboxylic acids is 1. The fraction of sp³-hybridized carbons (Fsp3) is 0.200. The Morgan fingerprint density at radius 1 is 1.33 bits per heavy atom. The standard InChI is InChI=1S/C15H15N3O3/c1-8-6-13(18-21-8)17-15(19)14-9(2)11-7-10(20-3)4-5-12(11)16-14/h4-7,16H,1-3H3,(H,17,18,19). The number of nitrogens with one attached hydrogen (secondary N) is 2. The molecule has 0 saturated carbocycles. The fourth-order valence-corrected chi connectivity index (χ4v) is 2.26. The van der Waals surface area contributed by atoms with Crippen LogP contribution in [0.1, 0.15) is 21.8 Å². The number of H-pyrrole nitrogens is 1. The van der Waals surface area contributed by atoms with Gasteiger partial charge in [-0.3, -0.25) is 4.79 Å². The minimum atomic E-state index is -0.254. The van der Waals surface area contributed by atoms with Crippen molar-refractivity contribution in [1.29, 1.82) is 0 Å². The molecule has 2 N–H and O–H groups in total. The van der Waals surface area contributed by atoms with Crippen LogP contribution in [-0.4, -0.2) is 23.2 Å². The number of nitrogens with zero attached hydrogens (tertiary/aromatic N) is 1. The average Bonchev–Trinajstić information content (AvgIpc) is 3.02. The van der Waals surface area contributed by atoms with Gasteiger partial charge in [-0.2, -0.15) is 0 Å². The lowest BCUT2D eigenvalue weighted by atomic mass is 10.1. The van der Waals surface area contributed by atoms with E-state index in [1.54, 1.807) is 20.1 Å². The van der Waals surface area contributed by atoms with Crippen molar-refractivity contribution < 1.29 is 14.1 Å². The van der Waals surface area contributed by atoms with Crippen LogP contribution in [-0.2, 0) is 0 Å². The van der Waals surface area contributed by atoms with Crippen LogP contribution in [0, 0.1) is 13.8 Å². The van der Waals surface area contributed by atoms with E-state index in [0.29, 0.717) is 17.3 Å². The molecule has 0 unspecified atom stereocenters. The van der Waals surface area contributed by atoms with Gasteiger partial charge in [-0.15, -0.1) is 0 Å². The zero-order valence-corrected chi connectivity index (χ0v) is 12.0. The second-order valence-corrected chi connectivity index (χ2v) is 4.81. The van der Waals surface area contributed by atoms with Gasteiger partial charge in [0.05, 0.1) is 7.11 Å². The van der Waals surface area contributed by atoms with Gasteiger partial charge < -0.3 is 19.6 Å². The lowest BCUT2D eigenvalue weighted by Crippen LogP contribution is -2.13. The summed E-state index contributed by atoms with van der Waals surface area (Å²) in [6.07, 6.45) is 0. The Morgan fingerprint density at radius 3 is 2.81 bits per heavy atom. The lowest BCUT2D eigenvalue weighted by molar-refractivity contribution is 0.102. The fourth-order valence-electron chi connectivity index (χ4n) is 2.26. The molecule has 2 aromatic heterocycles. The normalized spacial score (nSPS) is 10.8. The Balaban J connectivity index is 1.96. The summed E-state index contributed by atoms with van der Waals surface area (Å²) in [5.74, 6) is 1.54. The second kappa shape index (κ2) is 4.97. The molecule has 6 heteroatoms. The first-order valence-electron chi connectivity index (χ1n) is 6.49. The maximum Gasteiger partial charge on any atom is 0.273 e. The Hall–Kier alpha value is -2.76. The van der Waals surface area contributed by atoms with Gasteiger partial charge in [-0.25, -0.2) is 0 Å². The quantitative estimate of drug-likeness (QED) is 0.775. The number of aromatic nitrogens is 2. The Labute approximate surface area is 121 Å². The number of ether oxygens (including phenoxy) is 1. The van der Waals surface area contributed by atoms with Gasteiger partial charge in [-0.05, 0) is 37.6 Å². The van der Waals surface area contributed by atoms with Gasteiger partial charge in [0.2, 0.25) is 0 Å². The summed E-state index contributed by atoms with van der Waals surface area (Å²) >= 11 is 0. The molecule has 1 aromatic carbocycles. The molecular weight excluding hydrogens is 270 g/mol. The monoisotopic (exact) mass is 285 g/mol. The third kappa shape index (κ3) is 2.35. The maximum absolute atomic E-state index is 12.3.